The molecule has 0 aromatic heterocycles. The third kappa shape index (κ3) is 19.6. The molecule has 0 heterocycles. The summed E-state index contributed by atoms with van der Waals surface area (Å²) in [5.74, 6) is 1.42. The first-order chi connectivity index (χ1) is 7.83. The lowest BCUT2D eigenvalue weighted by Crippen LogP contribution is -1.98. The normalized spacial score (nSPS) is 11.3. The van der Waals surface area contributed by atoms with Crippen molar-refractivity contribution in [3.05, 3.63) is 0 Å². The Kier molecular flexibility index (Phi) is 19.6. The van der Waals surface area contributed by atoms with Gasteiger partial charge in [-0.05, 0) is 49.3 Å². The standard InChI is InChI=1S/C12H27O2PS2.2H2S/c1-11(2)7-5-9-13-15(16,17)14-10-6-8-12(3)4;;/h11-12H,5-10H2,1-4H3,(H,16,17);2*1H2. The van der Waals surface area contributed by atoms with E-state index in [0.29, 0.717) is 25.0 Å². The maximum atomic E-state index is 5.55. The van der Waals surface area contributed by atoms with E-state index in [2.05, 4.69) is 39.9 Å². The first-order valence-corrected chi connectivity index (χ1v) is 10.2. The molecule has 0 unspecified atom stereocenters. The lowest BCUT2D eigenvalue weighted by Gasteiger charge is -2.17. The zero-order chi connectivity index (χ0) is 13.3. The van der Waals surface area contributed by atoms with Crippen LogP contribution >= 0.6 is 44.9 Å². The summed E-state index contributed by atoms with van der Waals surface area (Å²) in [5.41, 5.74) is -2.28. The van der Waals surface area contributed by atoms with E-state index in [9.17, 15) is 0 Å². The van der Waals surface area contributed by atoms with E-state index in [0.717, 1.165) is 25.7 Å². The van der Waals surface area contributed by atoms with Gasteiger partial charge < -0.3 is 9.05 Å². The molecule has 0 spiro atoms. The highest BCUT2D eigenvalue weighted by atomic mass is 32.9. The lowest BCUT2D eigenvalue weighted by atomic mass is 10.1. The van der Waals surface area contributed by atoms with E-state index < -0.39 is 5.69 Å². The average molecular weight is 367 g/mol. The Balaban J connectivity index is -0.00000128. The second-order valence-electron chi connectivity index (χ2n) is 5.21. The van der Waals surface area contributed by atoms with Crippen LogP contribution in [0.1, 0.15) is 53.4 Å². The predicted octanol–water partition coefficient (Wildman–Crippen LogP) is 5.27. The molecule has 0 aromatic carbocycles. The lowest BCUT2D eigenvalue weighted by molar-refractivity contribution is 0.245. The van der Waals surface area contributed by atoms with Crippen LogP contribution in [-0.2, 0) is 20.9 Å². The molecule has 120 valence electrons. The molecule has 0 aromatic rings. The van der Waals surface area contributed by atoms with Crippen LogP contribution in [0.3, 0.4) is 0 Å². The van der Waals surface area contributed by atoms with Crippen LogP contribution in [0.4, 0.5) is 0 Å². The quantitative estimate of drug-likeness (QED) is 0.323. The highest BCUT2D eigenvalue weighted by molar-refractivity contribution is 8.60. The van der Waals surface area contributed by atoms with Crippen LogP contribution in [0.15, 0.2) is 0 Å². The molecule has 0 radical (unpaired) electrons. The topological polar surface area (TPSA) is 18.5 Å². The van der Waals surface area contributed by atoms with Gasteiger partial charge in [0, 0.05) is 0 Å². The van der Waals surface area contributed by atoms with Gasteiger partial charge in [-0.3, -0.25) is 0 Å². The highest BCUT2D eigenvalue weighted by Crippen LogP contribution is 2.53. The van der Waals surface area contributed by atoms with Crippen molar-refractivity contribution in [2.75, 3.05) is 13.2 Å². The predicted molar refractivity (Wildman–Crippen MR) is 104 cm³/mol. The highest BCUT2D eigenvalue weighted by Gasteiger charge is 2.12. The summed E-state index contributed by atoms with van der Waals surface area (Å²) in [5, 5.41) is 0. The van der Waals surface area contributed by atoms with Gasteiger partial charge in [0.15, 0.2) is 0 Å². The fourth-order valence-electron chi connectivity index (χ4n) is 1.38. The Hall–Kier alpha value is 1.62. The summed E-state index contributed by atoms with van der Waals surface area (Å²) in [6.45, 7) is 10.2. The molecule has 0 aliphatic carbocycles. The zero-order valence-electron chi connectivity index (χ0n) is 12.5. The van der Waals surface area contributed by atoms with Gasteiger partial charge in [-0.1, -0.05) is 39.9 Å². The smallest absolute Gasteiger partial charge is 0.244 e. The van der Waals surface area contributed by atoms with Crippen LogP contribution in [0.5, 0.6) is 0 Å². The summed E-state index contributed by atoms with van der Waals surface area (Å²) >= 11 is 9.55. The second-order valence-corrected chi connectivity index (χ2v) is 10.5. The van der Waals surface area contributed by atoms with Gasteiger partial charge in [-0.25, -0.2) is 0 Å². The first-order valence-electron chi connectivity index (χ1n) is 6.45. The minimum absolute atomic E-state index is 0. The van der Waals surface area contributed by atoms with E-state index >= 15 is 0 Å². The molecule has 0 fully saturated rings. The molecule has 0 bridgehead atoms. The Labute approximate surface area is 144 Å². The number of rotatable bonds is 10. The Morgan fingerprint density at radius 3 is 1.47 bits per heavy atom. The van der Waals surface area contributed by atoms with Crippen LogP contribution < -0.4 is 0 Å². The van der Waals surface area contributed by atoms with E-state index in [4.69, 9.17) is 20.9 Å². The second kappa shape index (κ2) is 14.6. The van der Waals surface area contributed by atoms with Crippen molar-refractivity contribution in [3.63, 3.8) is 0 Å². The minimum atomic E-state index is -2.28. The van der Waals surface area contributed by atoms with Gasteiger partial charge in [-0.2, -0.15) is 27.0 Å². The van der Waals surface area contributed by atoms with Crippen LogP contribution in [-0.4, -0.2) is 13.2 Å². The molecule has 2 nitrogen and oxygen atoms in total. The maximum Gasteiger partial charge on any atom is 0.244 e. The Morgan fingerprint density at radius 2 is 1.21 bits per heavy atom. The van der Waals surface area contributed by atoms with Crippen molar-refractivity contribution < 1.29 is 9.05 Å². The summed E-state index contributed by atoms with van der Waals surface area (Å²) in [7, 11) is 0. The summed E-state index contributed by atoms with van der Waals surface area (Å²) in [4.78, 5) is 0. The van der Waals surface area contributed by atoms with Crippen molar-refractivity contribution in [2.24, 2.45) is 11.8 Å². The third-order valence-corrected chi connectivity index (χ3v) is 4.70. The number of hydrogen-bond donors (Lipinski definition) is 1. The average Bonchev–Trinajstić information content (AvgIpc) is 2.19. The van der Waals surface area contributed by atoms with E-state index in [1.165, 1.54) is 0 Å². The van der Waals surface area contributed by atoms with Gasteiger partial charge in [0.05, 0.1) is 13.2 Å². The fraction of sp³-hybridized carbons (Fsp3) is 1.00. The van der Waals surface area contributed by atoms with E-state index in [1.807, 2.05) is 0 Å². The van der Waals surface area contributed by atoms with Crippen molar-refractivity contribution >= 4 is 56.7 Å². The molecular formula is C12H31O2PS4. The fourth-order valence-corrected chi connectivity index (χ4v) is 3.11. The van der Waals surface area contributed by atoms with E-state index in [-0.39, 0.29) is 27.0 Å². The molecule has 0 amide bonds. The monoisotopic (exact) mass is 366 g/mol. The molecular weight excluding hydrogens is 335 g/mol. The molecule has 0 saturated carbocycles. The molecule has 0 aliphatic heterocycles. The van der Waals surface area contributed by atoms with Crippen molar-refractivity contribution in [2.45, 2.75) is 53.4 Å². The summed E-state index contributed by atoms with van der Waals surface area (Å²) in [6, 6.07) is 0. The minimum Gasteiger partial charge on any atom is -0.322 e. The molecule has 0 aliphatic rings. The number of hydrogen-bond acceptors (Lipinski definition) is 3. The van der Waals surface area contributed by atoms with Crippen LogP contribution in [0.2, 0.25) is 0 Å². The van der Waals surface area contributed by atoms with Gasteiger partial charge in [0.1, 0.15) is 0 Å². The molecule has 0 rings (SSSR count). The number of thiol groups is 1. The van der Waals surface area contributed by atoms with Crippen molar-refractivity contribution in [1.82, 2.24) is 0 Å². The van der Waals surface area contributed by atoms with Crippen molar-refractivity contribution in [3.8, 4) is 0 Å². The van der Waals surface area contributed by atoms with Crippen LogP contribution in [0.25, 0.3) is 0 Å². The zero-order valence-corrected chi connectivity index (χ0v) is 17.1. The largest absolute Gasteiger partial charge is 0.322 e. The van der Waals surface area contributed by atoms with Crippen molar-refractivity contribution in [1.29, 1.82) is 0 Å². The summed E-state index contributed by atoms with van der Waals surface area (Å²) < 4.78 is 11.1. The van der Waals surface area contributed by atoms with Gasteiger partial charge in [-0.15, -0.1) is 0 Å². The SMILES string of the molecule is CC(C)CCCOP(=S)(S)OCCCC(C)C.S.S. The first kappa shape index (κ1) is 25.6. The molecule has 0 saturated heterocycles. The van der Waals surface area contributed by atoms with Gasteiger partial charge in [0.2, 0.25) is 5.69 Å². The Bertz CT molecular complexity index is 218. The van der Waals surface area contributed by atoms with Crippen LogP contribution in [0, 0.1) is 11.8 Å². The van der Waals surface area contributed by atoms with E-state index in [1.54, 1.807) is 0 Å². The van der Waals surface area contributed by atoms with Gasteiger partial charge in [0.25, 0.3) is 0 Å². The summed E-state index contributed by atoms with van der Waals surface area (Å²) in [6.07, 6.45) is 4.39. The molecule has 7 heteroatoms. The molecule has 0 N–H and O–H groups in total. The molecule has 19 heavy (non-hydrogen) atoms. The Morgan fingerprint density at radius 1 is 0.895 bits per heavy atom. The van der Waals surface area contributed by atoms with Gasteiger partial charge >= 0.3 is 0 Å². The maximum absolute atomic E-state index is 5.55. The third-order valence-electron chi connectivity index (χ3n) is 2.36. The molecule has 0 atom stereocenters.